The predicted octanol–water partition coefficient (Wildman–Crippen LogP) is 1.92. The number of aliphatic hydroxyl groups is 1. The molecule has 0 radical (unpaired) electrons. The van der Waals surface area contributed by atoms with Gasteiger partial charge in [0.15, 0.2) is 0 Å². The number of aliphatic hydroxyl groups excluding tert-OH is 1. The Kier molecular flexibility index (Phi) is 6.02. The van der Waals surface area contributed by atoms with E-state index in [9.17, 15) is 9.90 Å². The number of rotatable bonds is 7. The molecule has 5 nitrogen and oxygen atoms in total. The number of hydrogen-bond acceptors (Lipinski definition) is 4. The zero-order valence-electron chi connectivity index (χ0n) is 12.5. The van der Waals surface area contributed by atoms with Crippen molar-refractivity contribution in [2.75, 3.05) is 18.5 Å². The molecule has 1 aliphatic rings. The second kappa shape index (κ2) is 8.00. The van der Waals surface area contributed by atoms with Crippen LogP contribution in [0.5, 0.6) is 5.75 Å². The van der Waals surface area contributed by atoms with Crippen LogP contribution in [0.2, 0.25) is 0 Å². The van der Waals surface area contributed by atoms with E-state index in [0.29, 0.717) is 18.3 Å². The highest BCUT2D eigenvalue weighted by atomic mass is 16.5. The van der Waals surface area contributed by atoms with Gasteiger partial charge in [0.1, 0.15) is 18.5 Å². The maximum Gasteiger partial charge on any atom is 0.221 e. The van der Waals surface area contributed by atoms with Crippen LogP contribution in [0.1, 0.15) is 32.6 Å². The van der Waals surface area contributed by atoms with Gasteiger partial charge in [0, 0.05) is 25.2 Å². The van der Waals surface area contributed by atoms with Crippen molar-refractivity contribution in [3.8, 4) is 5.75 Å². The molecular formula is C16H24N2O3. The Morgan fingerprint density at radius 2 is 2.00 bits per heavy atom. The largest absolute Gasteiger partial charge is 0.491 e. The summed E-state index contributed by atoms with van der Waals surface area (Å²) in [6.07, 6.45) is 4.47. The number of carbonyl (C=O) groups is 1. The molecule has 5 heteroatoms. The minimum atomic E-state index is -0.513. The number of benzene rings is 1. The molecule has 1 atom stereocenters. The second-order valence-electron chi connectivity index (χ2n) is 5.56. The highest BCUT2D eigenvalue weighted by Crippen LogP contribution is 2.18. The molecule has 1 unspecified atom stereocenters. The molecule has 0 bridgehead atoms. The van der Waals surface area contributed by atoms with Crippen LogP contribution in [0.15, 0.2) is 24.3 Å². The topological polar surface area (TPSA) is 70.6 Å². The van der Waals surface area contributed by atoms with Crippen LogP contribution >= 0.6 is 0 Å². The van der Waals surface area contributed by atoms with Gasteiger partial charge in [0.05, 0.1) is 0 Å². The van der Waals surface area contributed by atoms with Gasteiger partial charge >= 0.3 is 0 Å². The van der Waals surface area contributed by atoms with Crippen LogP contribution in [0, 0.1) is 0 Å². The molecular weight excluding hydrogens is 268 g/mol. The second-order valence-corrected chi connectivity index (χ2v) is 5.56. The van der Waals surface area contributed by atoms with Crippen LogP contribution in [-0.2, 0) is 4.79 Å². The molecule has 0 aliphatic heterocycles. The highest BCUT2D eigenvalue weighted by molar-refractivity contribution is 5.88. The molecule has 116 valence electrons. The van der Waals surface area contributed by atoms with Crippen molar-refractivity contribution in [3.63, 3.8) is 0 Å². The van der Waals surface area contributed by atoms with Gasteiger partial charge in [-0.25, -0.2) is 0 Å². The molecule has 3 N–H and O–H groups in total. The number of ether oxygens (including phenoxy) is 1. The minimum Gasteiger partial charge on any atom is -0.491 e. The Hall–Kier alpha value is -1.59. The molecule has 1 amide bonds. The molecule has 2 rings (SSSR count). The average Bonchev–Trinajstić information content (AvgIpc) is 2.97. The SMILES string of the molecule is CC(=O)Nc1ccc(OCC(O)CNC2CCCC2)cc1. The van der Waals surface area contributed by atoms with E-state index in [1.54, 1.807) is 24.3 Å². The minimum absolute atomic E-state index is 0.0999. The van der Waals surface area contributed by atoms with Gasteiger partial charge in [-0.15, -0.1) is 0 Å². The van der Waals surface area contributed by atoms with Gasteiger partial charge in [-0.05, 0) is 37.1 Å². The Labute approximate surface area is 125 Å². The van der Waals surface area contributed by atoms with E-state index >= 15 is 0 Å². The van der Waals surface area contributed by atoms with Crippen LogP contribution < -0.4 is 15.4 Å². The third-order valence-electron chi connectivity index (χ3n) is 3.61. The van der Waals surface area contributed by atoms with E-state index in [1.807, 2.05) is 0 Å². The van der Waals surface area contributed by atoms with E-state index in [0.717, 1.165) is 5.69 Å². The number of hydrogen-bond donors (Lipinski definition) is 3. The van der Waals surface area contributed by atoms with Crippen LogP contribution in [0.4, 0.5) is 5.69 Å². The van der Waals surface area contributed by atoms with E-state index in [1.165, 1.54) is 32.6 Å². The van der Waals surface area contributed by atoms with Crippen molar-refractivity contribution in [1.82, 2.24) is 5.32 Å². The summed E-state index contributed by atoms with van der Waals surface area (Å²) in [7, 11) is 0. The van der Waals surface area contributed by atoms with Crippen molar-refractivity contribution in [1.29, 1.82) is 0 Å². The predicted molar refractivity (Wildman–Crippen MR) is 82.5 cm³/mol. The van der Waals surface area contributed by atoms with Crippen LogP contribution in [0.25, 0.3) is 0 Å². The maximum absolute atomic E-state index is 10.9. The summed E-state index contributed by atoms with van der Waals surface area (Å²) in [5.41, 5.74) is 0.735. The molecule has 0 aromatic heterocycles. The maximum atomic E-state index is 10.9. The zero-order valence-corrected chi connectivity index (χ0v) is 12.5. The summed E-state index contributed by atoms with van der Waals surface area (Å²) in [6, 6.07) is 7.67. The smallest absolute Gasteiger partial charge is 0.221 e. The van der Waals surface area contributed by atoms with Gasteiger partial charge < -0.3 is 20.5 Å². The molecule has 0 spiro atoms. The molecule has 1 aliphatic carbocycles. The van der Waals surface area contributed by atoms with E-state index < -0.39 is 6.10 Å². The summed E-state index contributed by atoms with van der Waals surface area (Å²) in [4.78, 5) is 10.9. The Bertz CT molecular complexity index is 441. The van der Waals surface area contributed by atoms with Crippen molar-refractivity contribution >= 4 is 11.6 Å². The van der Waals surface area contributed by atoms with Crippen molar-refractivity contribution in [3.05, 3.63) is 24.3 Å². The lowest BCUT2D eigenvalue weighted by atomic mass is 10.2. The molecule has 1 saturated carbocycles. The number of carbonyl (C=O) groups excluding carboxylic acids is 1. The molecule has 1 aromatic carbocycles. The average molecular weight is 292 g/mol. The van der Waals surface area contributed by atoms with E-state index in [-0.39, 0.29) is 12.5 Å². The molecule has 1 aromatic rings. The van der Waals surface area contributed by atoms with Crippen LogP contribution in [-0.4, -0.2) is 36.3 Å². The normalized spacial score (nSPS) is 16.7. The Balaban J connectivity index is 1.67. The fourth-order valence-corrected chi connectivity index (χ4v) is 2.52. The first kappa shape index (κ1) is 15.8. The summed E-state index contributed by atoms with van der Waals surface area (Å²) < 4.78 is 5.54. The quantitative estimate of drug-likeness (QED) is 0.718. The lowest BCUT2D eigenvalue weighted by Gasteiger charge is -2.16. The molecule has 21 heavy (non-hydrogen) atoms. The van der Waals surface area contributed by atoms with E-state index in [2.05, 4.69) is 10.6 Å². The third kappa shape index (κ3) is 5.73. The van der Waals surface area contributed by atoms with Crippen LogP contribution in [0.3, 0.4) is 0 Å². The lowest BCUT2D eigenvalue weighted by molar-refractivity contribution is -0.114. The molecule has 0 heterocycles. The van der Waals surface area contributed by atoms with Crippen molar-refractivity contribution < 1.29 is 14.6 Å². The van der Waals surface area contributed by atoms with Gasteiger partial charge in [0.2, 0.25) is 5.91 Å². The Morgan fingerprint density at radius 1 is 1.33 bits per heavy atom. The summed E-state index contributed by atoms with van der Waals surface area (Å²) in [6.45, 7) is 2.30. The fraction of sp³-hybridized carbons (Fsp3) is 0.562. The van der Waals surface area contributed by atoms with Gasteiger partial charge in [0.25, 0.3) is 0 Å². The highest BCUT2D eigenvalue weighted by Gasteiger charge is 2.15. The van der Waals surface area contributed by atoms with Gasteiger partial charge in [-0.2, -0.15) is 0 Å². The monoisotopic (exact) mass is 292 g/mol. The fourth-order valence-electron chi connectivity index (χ4n) is 2.52. The summed E-state index contributed by atoms with van der Waals surface area (Å²) >= 11 is 0. The zero-order chi connectivity index (χ0) is 15.1. The summed E-state index contributed by atoms with van der Waals surface area (Å²) in [5, 5.41) is 16.0. The van der Waals surface area contributed by atoms with Crippen molar-refractivity contribution in [2.24, 2.45) is 0 Å². The standard InChI is InChI=1S/C16H24N2O3/c1-12(19)18-14-6-8-16(9-7-14)21-11-15(20)10-17-13-4-2-3-5-13/h6-9,13,15,17,20H,2-5,10-11H2,1H3,(H,18,19). The first-order valence-electron chi connectivity index (χ1n) is 7.55. The first-order chi connectivity index (χ1) is 10.1. The van der Waals surface area contributed by atoms with Gasteiger partial charge in [-0.1, -0.05) is 12.8 Å². The molecule has 1 fully saturated rings. The lowest BCUT2D eigenvalue weighted by Crippen LogP contribution is -2.36. The first-order valence-corrected chi connectivity index (χ1v) is 7.55. The van der Waals surface area contributed by atoms with E-state index in [4.69, 9.17) is 4.74 Å². The summed E-state index contributed by atoms with van der Waals surface area (Å²) in [5.74, 6) is 0.584. The third-order valence-corrected chi connectivity index (χ3v) is 3.61. The van der Waals surface area contributed by atoms with Gasteiger partial charge in [-0.3, -0.25) is 4.79 Å². The number of nitrogens with one attached hydrogen (secondary N) is 2. The number of amides is 1. The molecule has 0 saturated heterocycles. The Morgan fingerprint density at radius 3 is 2.62 bits per heavy atom. The van der Waals surface area contributed by atoms with Crippen molar-refractivity contribution in [2.45, 2.75) is 44.8 Å². The number of anilines is 1.